The van der Waals surface area contributed by atoms with Crippen LogP contribution in [0.3, 0.4) is 0 Å². The Labute approximate surface area is 135 Å². The van der Waals surface area contributed by atoms with Gasteiger partial charge in [-0.3, -0.25) is 9.48 Å². The van der Waals surface area contributed by atoms with Gasteiger partial charge in [0.15, 0.2) is 0 Å². The number of amides is 1. The Morgan fingerprint density at radius 3 is 2.73 bits per heavy atom. The predicted molar refractivity (Wildman–Crippen MR) is 86.7 cm³/mol. The molecule has 6 heteroatoms. The average Bonchev–Trinajstić information content (AvgIpc) is 3.04. The fourth-order valence-corrected chi connectivity index (χ4v) is 2.63. The van der Waals surface area contributed by atoms with E-state index in [1.807, 2.05) is 28.9 Å². The Kier molecular flexibility index (Phi) is 6.90. The van der Waals surface area contributed by atoms with Crippen LogP contribution in [0.5, 0.6) is 0 Å². The van der Waals surface area contributed by atoms with Crippen molar-refractivity contribution in [2.75, 3.05) is 6.54 Å². The first kappa shape index (κ1) is 16.5. The maximum absolute atomic E-state index is 10.6. The second kappa shape index (κ2) is 9.20. The molecule has 1 amide bonds. The van der Waals surface area contributed by atoms with E-state index in [-0.39, 0.29) is 0 Å². The summed E-state index contributed by atoms with van der Waals surface area (Å²) < 4.78 is 1.85. The summed E-state index contributed by atoms with van der Waals surface area (Å²) in [6.45, 7) is 1.56. The van der Waals surface area contributed by atoms with Crippen LogP contribution in [0.4, 0.5) is 0 Å². The molecule has 1 atom stereocenters. The normalized spacial score (nSPS) is 12.0. The molecular weight excluding hydrogens is 300 g/mol. The zero-order valence-electron chi connectivity index (χ0n) is 12.5. The number of nitrogens with one attached hydrogen (secondary N) is 1. The molecule has 5 nitrogen and oxygen atoms in total. The monoisotopic (exact) mass is 320 g/mol. The lowest BCUT2D eigenvalue weighted by Gasteiger charge is -2.17. The average molecular weight is 321 g/mol. The van der Waals surface area contributed by atoms with Crippen LogP contribution in [-0.2, 0) is 11.3 Å². The number of benzene rings is 1. The minimum Gasteiger partial charge on any atom is -0.358 e. The highest BCUT2D eigenvalue weighted by atomic mass is 35.5. The number of halogens is 1. The van der Waals surface area contributed by atoms with Crippen LogP contribution in [0.15, 0.2) is 36.9 Å². The molecule has 0 aliphatic carbocycles. The third-order valence-electron chi connectivity index (χ3n) is 3.70. The third kappa shape index (κ3) is 5.48. The lowest BCUT2D eigenvalue weighted by molar-refractivity contribution is -0.109. The van der Waals surface area contributed by atoms with E-state index in [0.29, 0.717) is 12.5 Å². The predicted octanol–water partition coefficient (Wildman–Crippen LogP) is 3.02. The molecular formula is C16H21ClN4O. The Balaban J connectivity index is 1.76. The molecule has 22 heavy (non-hydrogen) atoms. The molecule has 0 bridgehead atoms. The molecule has 2 aromatic rings. The SMILES string of the molecule is O=CNCC(CCCCCn1cncn1)c1ccc(Cl)cc1. The van der Waals surface area contributed by atoms with E-state index in [9.17, 15) is 4.79 Å². The number of carbonyl (C=O) groups is 1. The summed E-state index contributed by atoms with van der Waals surface area (Å²) in [4.78, 5) is 14.5. The number of unbranched alkanes of at least 4 members (excludes halogenated alkanes) is 2. The van der Waals surface area contributed by atoms with Crippen molar-refractivity contribution in [1.29, 1.82) is 0 Å². The summed E-state index contributed by atoms with van der Waals surface area (Å²) in [6, 6.07) is 7.87. The molecule has 1 heterocycles. The molecule has 2 rings (SSSR count). The van der Waals surface area contributed by atoms with Crippen LogP contribution < -0.4 is 5.32 Å². The van der Waals surface area contributed by atoms with Crippen molar-refractivity contribution in [2.24, 2.45) is 0 Å². The number of carbonyl (C=O) groups excluding carboxylic acids is 1. The number of hydrogen-bond donors (Lipinski definition) is 1. The quantitative estimate of drug-likeness (QED) is 0.540. The summed E-state index contributed by atoms with van der Waals surface area (Å²) in [7, 11) is 0. The van der Waals surface area contributed by atoms with Crippen LogP contribution in [-0.4, -0.2) is 27.7 Å². The Morgan fingerprint density at radius 1 is 1.23 bits per heavy atom. The molecule has 0 aliphatic heterocycles. The first-order valence-corrected chi connectivity index (χ1v) is 7.92. The topological polar surface area (TPSA) is 59.8 Å². The molecule has 0 spiro atoms. The van der Waals surface area contributed by atoms with Gasteiger partial charge in [-0.1, -0.05) is 36.6 Å². The smallest absolute Gasteiger partial charge is 0.207 e. The van der Waals surface area contributed by atoms with Crippen molar-refractivity contribution < 1.29 is 4.79 Å². The number of aryl methyl sites for hydroxylation is 1. The summed E-state index contributed by atoms with van der Waals surface area (Å²) in [6.07, 6.45) is 8.42. The van der Waals surface area contributed by atoms with Crippen LogP contribution in [0.25, 0.3) is 0 Å². The van der Waals surface area contributed by atoms with Gasteiger partial charge in [0.2, 0.25) is 6.41 Å². The van der Waals surface area contributed by atoms with Gasteiger partial charge in [0.25, 0.3) is 0 Å². The fraction of sp³-hybridized carbons (Fsp3) is 0.438. The van der Waals surface area contributed by atoms with Gasteiger partial charge >= 0.3 is 0 Å². The molecule has 1 aromatic heterocycles. The molecule has 0 radical (unpaired) electrons. The Bertz CT molecular complexity index is 542. The molecule has 1 aromatic carbocycles. The third-order valence-corrected chi connectivity index (χ3v) is 3.95. The largest absolute Gasteiger partial charge is 0.358 e. The van der Waals surface area contributed by atoms with Gasteiger partial charge < -0.3 is 5.32 Å². The first-order valence-electron chi connectivity index (χ1n) is 7.54. The van der Waals surface area contributed by atoms with E-state index >= 15 is 0 Å². The van der Waals surface area contributed by atoms with Gasteiger partial charge in [0, 0.05) is 24.0 Å². The van der Waals surface area contributed by atoms with E-state index in [0.717, 1.165) is 43.7 Å². The first-order chi connectivity index (χ1) is 10.8. The lowest BCUT2D eigenvalue weighted by atomic mass is 9.93. The van der Waals surface area contributed by atoms with Crippen molar-refractivity contribution in [2.45, 2.75) is 38.1 Å². The molecule has 1 unspecified atom stereocenters. The van der Waals surface area contributed by atoms with E-state index in [2.05, 4.69) is 15.4 Å². The lowest BCUT2D eigenvalue weighted by Crippen LogP contribution is -2.20. The second-order valence-electron chi connectivity index (χ2n) is 5.28. The van der Waals surface area contributed by atoms with E-state index in [1.54, 1.807) is 12.7 Å². The maximum atomic E-state index is 10.6. The number of rotatable bonds is 10. The molecule has 0 aliphatic rings. The van der Waals surface area contributed by atoms with Gasteiger partial charge in [-0.15, -0.1) is 0 Å². The molecule has 0 saturated carbocycles. The van der Waals surface area contributed by atoms with Crippen molar-refractivity contribution in [3.05, 3.63) is 47.5 Å². The van der Waals surface area contributed by atoms with E-state index in [1.165, 1.54) is 5.56 Å². The second-order valence-corrected chi connectivity index (χ2v) is 5.72. The van der Waals surface area contributed by atoms with Crippen LogP contribution >= 0.6 is 11.6 Å². The fourth-order valence-electron chi connectivity index (χ4n) is 2.50. The summed E-state index contributed by atoms with van der Waals surface area (Å²) in [5, 5.41) is 7.61. The van der Waals surface area contributed by atoms with Crippen molar-refractivity contribution in [3.63, 3.8) is 0 Å². The molecule has 1 N–H and O–H groups in total. The van der Waals surface area contributed by atoms with E-state index < -0.39 is 0 Å². The van der Waals surface area contributed by atoms with Gasteiger partial charge in [-0.2, -0.15) is 5.10 Å². The number of nitrogens with zero attached hydrogens (tertiary/aromatic N) is 3. The highest BCUT2D eigenvalue weighted by Gasteiger charge is 2.11. The van der Waals surface area contributed by atoms with Gasteiger partial charge in [0.05, 0.1) is 0 Å². The van der Waals surface area contributed by atoms with Crippen molar-refractivity contribution in [3.8, 4) is 0 Å². The van der Waals surface area contributed by atoms with Crippen molar-refractivity contribution >= 4 is 18.0 Å². The van der Waals surface area contributed by atoms with Gasteiger partial charge in [0.1, 0.15) is 12.7 Å². The molecule has 0 saturated heterocycles. The maximum Gasteiger partial charge on any atom is 0.207 e. The molecule has 0 fully saturated rings. The van der Waals surface area contributed by atoms with E-state index in [4.69, 9.17) is 11.6 Å². The Morgan fingerprint density at radius 2 is 2.05 bits per heavy atom. The number of aromatic nitrogens is 3. The van der Waals surface area contributed by atoms with Gasteiger partial charge in [-0.25, -0.2) is 4.98 Å². The minimum atomic E-state index is 0.328. The Hall–Kier alpha value is -1.88. The summed E-state index contributed by atoms with van der Waals surface area (Å²) in [5.41, 5.74) is 1.22. The van der Waals surface area contributed by atoms with Crippen molar-refractivity contribution in [1.82, 2.24) is 20.1 Å². The number of hydrogen-bond acceptors (Lipinski definition) is 3. The highest BCUT2D eigenvalue weighted by molar-refractivity contribution is 6.30. The highest BCUT2D eigenvalue weighted by Crippen LogP contribution is 2.23. The molecule has 118 valence electrons. The van der Waals surface area contributed by atoms with Crippen LogP contribution in [0.2, 0.25) is 5.02 Å². The zero-order valence-corrected chi connectivity index (χ0v) is 13.2. The standard InChI is InChI=1S/C16H21ClN4O/c17-16-7-5-14(6-8-16)15(10-18-13-22)4-2-1-3-9-21-12-19-11-20-21/h5-8,11-13,15H,1-4,9-10H2,(H,18,22). The van der Waals surface area contributed by atoms with Crippen LogP contribution in [0, 0.1) is 0 Å². The minimum absolute atomic E-state index is 0.328. The summed E-state index contributed by atoms with van der Waals surface area (Å²) in [5.74, 6) is 0.328. The van der Waals surface area contributed by atoms with Gasteiger partial charge in [-0.05, 0) is 30.5 Å². The summed E-state index contributed by atoms with van der Waals surface area (Å²) >= 11 is 5.93. The van der Waals surface area contributed by atoms with Crippen LogP contribution in [0.1, 0.15) is 37.2 Å². The zero-order chi connectivity index (χ0) is 15.6.